The summed E-state index contributed by atoms with van der Waals surface area (Å²) in [5.74, 6) is 1.70. The summed E-state index contributed by atoms with van der Waals surface area (Å²) in [4.78, 5) is 12.1. The first kappa shape index (κ1) is 24.2. The van der Waals surface area contributed by atoms with E-state index in [1.807, 2.05) is 30.3 Å². The number of thiocarbonyl (C=S) groups is 1. The minimum absolute atomic E-state index is 0.218. The zero-order valence-electron chi connectivity index (χ0n) is 18.3. The maximum atomic E-state index is 12.1. The van der Waals surface area contributed by atoms with Crippen LogP contribution in [0.2, 0.25) is 0 Å². The van der Waals surface area contributed by atoms with Gasteiger partial charge in [-0.3, -0.25) is 10.1 Å². The Morgan fingerprint density at radius 1 is 1.00 bits per heavy atom. The molecule has 2 N–H and O–H groups in total. The van der Waals surface area contributed by atoms with E-state index >= 15 is 0 Å². The summed E-state index contributed by atoms with van der Waals surface area (Å²) in [5, 5.41) is 5.83. The quantitative estimate of drug-likeness (QED) is 0.284. The molecule has 166 valence electrons. The Hall–Kier alpha value is -3.06. The van der Waals surface area contributed by atoms with Crippen LogP contribution in [0.3, 0.4) is 0 Å². The molecule has 0 fully saturated rings. The first-order chi connectivity index (χ1) is 15.0. The van der Waals surface area contributed by atoms with E-state index in [1.165, 1.54) is 25.3 Å². The minimum atomic E-state index is -0.334. The molecule has 0 aliphatic carbocycles. The van der Waals surface area contributed by atoms with E-state index in [2.05, 4.69) is 17.6 Å². The number of nitrogens with one attached hydrogen (secondary N) is 2. The van der Waals surface area contributed by atoms with E-state index < -0.39 is 0 Å². The molecule has 0 atom stereocenters. The smallest absolute Gasteiger partial charge is 0.250 e. The van der Waals surface area contributed by atoms with Crippen LogP contribution < -0.4 is 24.8 Å². The largest absolute Gasteiger partial charge is 0.494 e. The van der Waals surface area contributed by atoms with E-state index in [0.29, 0.717) is 18.1 Å². The zero-order valence-corrected chi connectivity index (χ0v) is 19.1. The third-order valence-corrected chi connectivity index (χ3v) is 4.65. The number of methoxy groups -OCH3 is 2. The van der Waals surface area contributed by atoms with Crippen molar-refractivity contribution in [1.82, 2.24) is 5.32 Å². The fourth-order valence-electron chi connectivity index (χ4n) is 2.80. The highest BCUT2D eigenvalue weighted by Gasteiger charge is 2.05. The van der Waals surface area contributed by atoms with E-state index in [0.717, 1.165) is 23.4 Å². The van der Waals surface area contributed by atoms with Gasteiger partial charge in [0.1, 0.15) is 5.75 Å². The molecule has 0 radical (unpaired) electrons. The first-order valence-electron chi connectivity index (χ1n) is 10.3. The Morgan fingerprint density at radius 3 is 2.42 bits per heavy atom. The highest BCUT2D eigenvalue weighted by atomic mass is 32.1. The second-order valence-corrected chi connectivity index (χ2v) is 7.23. The first-order valence-corrected chi connectivity index (χ1v) is 10.7. The van der Waals surface area contributed by atoms with Crippen molar-refractivity contribution in [2.45, 2.75) is 32.6 Å². The molecular weight excluding hydrogens is 412 g/mol. The van der Waals surface area contributed by atoms with Crippen molar-refractivity contribution in [3.05, 3.63) is 54.1 Å². The number of carbonyl (C=O) groups excluding carboxylic acids is 1. The monoisotopic (exact) mass is 442 g/mol. The number of rotatable bonds is 11. The minimum Gasteiger partial charge on any atom is -0.494 e. The van der Waals surface area contributed by atoms with Crippen molar-refractivity contribution in [2.75, 3.05) is 26.1 Å². The lowest BCUT2D eigenvalue weighted by atomic mass is 10.2. The van der Waals surface area contributed by atoms with Gasteiger partial charge in [-0.05, 0) is 66.7 Å². The Kier molecular flexibility index (Phi) is 10.4. The predicted molar refractivity (Wildman–Crippen MR) is 129 cm³/mol. The molecule has 1 amide bonds. The summed E-state index contributed by atoms with van der Waals surface area (Å²) in [6.45, 7) is 2.90. The molecule has 31 heavy (non-hydrogen) atoms. The van der Waals surface area contributed by atoms with Gasteiger partial charge in [0, 0.05) is 11.8 Å². The molecule has 0 heterocycles. The van der Waals surface area contributed by atoms with E-state index in [1.54, 1.807) is 32.4 Å². The Labute approximate surface area is 189 Å². The molecule has 2 rings (SSSR count). The number of unbranched alkanes of at least 4 members (excludes halogenated alkanes) is 3. The fourth-order valence-corrected chi connectivity index (χ4v) is 3.02. The highest BCUT2D eigenvalue weighted by molar-refractivity contribution is 7.80. The van der Waals surface area contributed by atoms with E-state index in [4.69, 9.17) is 26.4 Å². The molecule has 0 bridgehead atoms. The van der Waals surface area contributed by atoms with Crippen LogP contribution in [0.15, 0.2) is 48.5 Å². The van der Waals surface area contributed by atoms with Crippen LogP contribution in [-0.2, 0) is 4.79 Å². The summed E-state index contributed by atoms with van der Waals surface area (Å²) in [5.41, 5.74) is 1.57. The van der Waals surface area contributed by atoms with Gasteiger partial charge in [-0.15, -0.1) is 0 Å². The van der Waals surface area contributed by atoms with Crippen LogP contribution >= 0.6 is 12.2 Å². The molecule has 0 saturated carbocycles. The van der Waals surface area contributed by atoms with Gasteiger partial charge in [0.15, 0.2) is 16.6 Å². The SMILES string of the molecule is CCCCCCOc1ccc(NC(=S)NC(=O)/C=C/c2ccc(OC)c(OC)c2)cc1. The molecule has 2 aromatic rings. The number of anilines is 1. The molecule has 6 nitrogen and oxygen atoms in total. The average molecular weight is 443 g/mol. The molecule has 0 spiro atoms. The zero-order chi connectivity index (χ0) is 22.5. The molecule has 0 aliphatic heterocycles. The molecule has 0 unspecified atom stereocenters. The van der Waals surface area contributed by atoms with Crippen LogP contribution in [-0.4, -0.2) is 31.8 Å². The second kappa shape index (κ2) is 13.3. The molecule has 0 aliphatic rings. The van der Waals surface area contributed by atoms with E-state index in [9.17, 15) is 4.79 Å². The number of hydrogen-bond acceptors (Lipinski definition) is 5. The lowest BCUT2D eigenvalue weighted by Crippen LogP contribution is -2.32. The number of benzene rings is 2. The van der Waals surface area contributed by atoms with Crippen molar-refractivity contribution >= 4 is 35.0 Å². The van der Waals surface area contributed by atoms with Crippen molar-refractivity contribution in [1.29, 1.82) is 0 Å². The third kappa shape index (κ3) is 8.68. The molecule has 0 aromatic heterocycles. The van der Waals surface area contributed by atoms with Crippen LogP contribution in [0.1, 0.15) is 38.2 Å². The van der Waals surface area contributed by atoms with Gasteiger partial charge in [0.2, 0.25) is 5.91 Å². The van der Waals surface area contributed by atoms with Crippen LogP contribution in [0.5, 0.6) is 17.2 Å². The van der Waals surface area contributed by atoms with Gasteiger partial charge in [-0.1, -0.05) is 32.3 Å². The van der Waals surface area contributed by atoms with Gasteiger partial charge >= 0.3 is 0 Å². The normalized spacial score (nSPS) is 10.5. The van der Waals surface area contributed by atoms with Gasteiger partial charge in [-0.2, -0.15) is 0 Å². The maximum Gasteiger partial charge on any atom is 0.250 e. The molecular formula is C24H30N2O4S. The Balaban J connectivity index is 1.80. The maximum absolute atomic E-state index is 12.1. The molecule has 7 heteroatoms. The Morgan fingerprint density at radius 2 is 1.74 bits per heavy atom. The lowest BCUT2D eigenvalue weighted by molar-refractivity contribution is -0.115. The number of carbonyl (C=O) groups is 1. The predicted octanol–water partition coefficient (Wildman–Crippen LogP) is 5.19. The van der Waals surface area contributed by atoms with Gasteiger partial charge < -0.3 is 19.5 Å². The molecule has 2 aromatic carbocycles. The number of amides is 1. The standard InChI is InChI=1S/C24H30N2O4S/c1-4-5-6-7-16-30-20-12-10-19(11-13-20)25-24(31)26-23(27)15-9-18-8-14-21(28-2)22(17-18)29-3/h8-15,17H,4-7,16H2,1-3H3,(H2,25,26,27,31)/b15-9+. The van der Waals surface area contributed by atoms with Crippen molar-refractivity contribution in [3.8, 4) is 17.2 Å². The lowest BCUT2D eigenvalue weighted by Gasteiger charge is -2.10. The van der Waals surface area contributed by atoms with Crippen LogP contribution in [0.25, 0.3) is 6.08 Å². The molecule has 0 saturated heterocycles. The van der Waals surface area contributed by atoms with Crippen molar-refractivity contribution < 1.29 is 19.0 Å². The van der Waals surface area contributed by atoms with Gasteiger partial charge in [0.25, 0.3) is 0 Å². The highest BCUT2D eigenvalue weighted by Crippen LogP contribution is 2.27. The average Bonchev–Trinajstić information content (AvgIpc) is 2.78. The summed E-state index contributed by atoms with van der Waals surface area (Å²) < 4.78 is 16.2. The van der Waals surface area contributed by atoms with Gasteiger partial charge in [0.05, 0.1) is 20.8 Å². The van der Waals surface area contributed by atoms with Gasteiger partial charge in [-0.25, -0.2) is 0 Å². The number of ether oxygens (including phenoxy) is 3. The van der Waals surface area contributed by atoms with Crippen molar-refractivity contribution in [2.24, 2.45) is 0 Å². The topological polar surface area (TPSA) is 68.8 Å². The van der Waals surface area contributed by atoms with Crippen LogP contribution in [0, 0.1) is 0 Å². The number of hydrogen-bond donors (Lipinski definition) is 2. The summed E-state index contributed by atoms with van der Waals surface area (Å²) in [6, 6.07) is 12.9. The third-order valence-electron chi connectivity index (χ3n) is 4.45. The summed E-state index contributed by atoms with van der Waals surface area (Å²) >= 11 is 5.21. The Bertz CT molecular complexity index is 882. The van der Waals surface area contributed by atoms with E-state index in [-0.39, 0.29) is 11.0 Å². The summed E-state index contributed by atoms with van der Waals surface area (Å²) in [7, 11) is 3.14. The summed E-state index contributed by atoms with van der Waals surface area (Å²) in [6.07, 6.45) is 7.77. The van der Waals surface area contributed by atoms with Crippen LogP contribution in [0.4, 0.5) is 5.69 Å². The second-order valence-electron chi connectivity index (χ2n) is 6.82. The fraction of sp³-hybridized carbons (Fsp3) is 0.333. The van der Waals surface area contributed by atoms with Crippen molar-refractivity contribution in [3.63, 3.8) is 0 Å².